The molecule has 0 radical (unpaired) electrons. The summed E-state index contributed by atoms with van der Waals surface area (Å²) in [6, 6.07) is 1.84. The lowest BCUT2D eigenvalue weighted by molar-refractivity contribution is -0.108. The summed E-state index contributed by atoms with van der Waals surface area (Å²) >= 11 is 0. The van der Waals surface area contributed by atoms with E-state index in [4.69, 9.17) is 5.26 Å². The third-order valence-corrected chi connectivity index (χ3v) is 1.10. The van der Waals surface area contributed by atoms with E-state index in [9.17, 15) is 4.79 Å². The molecule has 11 heavy (non-hydrogen) atoms. The summed E-state index contributed by atoms with van der Waals surface area (Å²) in [6.07, 6.45) is 2.53. The molecule has 0 aliphatic carbocycles. The van der Waals surface area contributed by atoms with Crippen molar-refractivity contribution in [2.45, 2.75) is 13.0 Å². The second kappa shape index (κ2) is 3.46. The SMILES string of the molecule is N#Cc1cnn(CCC=O)n1. The summed E-state index contributed by atoms with van der Waals surface area (Å²) < 4.78 is 0. The lowest BCUT2D eigenvalue weighted by atomic mass is 10.5. The standard InChI is InChI=1S/C6H6N4O/c7-4-6-5-8-10(9-6)2-1-3-11/h3,5H,1-2H2. The van der Waals surface area contributed by atoms with Crippen molar-refractivity contribution in [3.8, 4) is 6.07 Å². The van der Waals surface area contributed by atoms with E-state index in [1.54, 1.807) is 0 Å². The third-order valence-electron chi connectivity index (χ3n) is 1.10. The summed E-state index contributed by atoms with van der Waals surface area (Å²) in [4.78, 5) is 11.2. The van der Waals surface area contributed by atoms with Crippen molar-refractivity contribution in [3.63, 3.8) is 0 Å². The minimum absolute atomic E-state index is 0.274. The lowest BCUT2D eigenvalue weighted by Gasteiger charge is -1.90. The number of aryl methyl sites for hydroxylation is 1. The van der Waals surface area contributed by atoms with Crippen LogP contribution in [0.4, 0.5) is 0 Å². The van der Waals surface area contributed by atoms with Gasteiger partial charge in [-0.25, -0.2) is 0 Å². The van der Waals surface area contributed by atoms with E-state index < -0.39 is 0 Å². The molecule has 1 aromatic rings. The zero-order valence-corrected chi connectivity index (χ0v) is 5.77. The first-order valence-electron chi connectivity index (χ1n) is 3.10. The molecule has 0 saturated carbocycles. The molecule has 0 N–H and O–H groups in total. The number of aldehydes is 1. The van der Waals surface area contributed by atoms with Gasteiger partial charge in [-0.05, 0) is 0 Å². The zero-order valence-electron chi connectivity index (χ0n) is 5.77. The number of nitrogens with zero attached hydrogens (tertiary/aromatic N) is 4. The van der Waals surface area contributed by atoms with Crippen LogP contribution in [0.2, 0.25) is 0 Å². The Balaban J connectivity index is 2.59. The van der Waals surface area contributed by atoms with Gasteiger partial charge in [0.15, 0.2) is 5.69 Å². The van der Waals surface area contributed by atoms with Crippen LogP contribution >= 0.6 is 0 Å². The molecular weight excluding hydrogens is 144 g/mol. The maximum Gasteiger partial charge on any atom is 0.182 e. The third kappa shape index (κ3) is 1.86. The first-order chi connectivity index (χ1) is 5.36. The molecular formula is C6H6N4O. The van der Waals surface area contributed by atoms with Gasteiger partial charge in [0.05, 0.1) is 12.7 Å². The fraction of sp³-hybridized carbons (Fsp3) is 0.333. The van der Waals surface area contributed by atoms with Crippen LogP contribution < -0.4 is 0 Å². The van der Waals surface area contributed by atoms with Crippen LogP contribution in [0.1, 0.15) is 12.1 Å². The minimum atomic E-state index is 0.274. The van der Waals surface area contributed by atoms with Gasteiger partial charge in [-0.15, -0.1) is 5.10 Å². The molecule has 0 amide bonds. The van der Waals surface area contributed by atoms with Crippen molar-refractivity contribution in [2.75, 3.05) is 0 Å². The van der Waals surface area contributed by atoms with E-state index in [0.717, 1.165) is 6.29 Å². The number of carbonyl (C=O) groups is 1. The molecule has 56 valence electrons. The van der Waals surface area contributed by atoms with Crippen LogP contribution in [0.3, 0.4) is 0 Å². The quantitative estimate of drug-likeness (QED) is 0.556. The molecule has 0 saturated heterocycles. The lowest BCUT2D eigenvalue weighted by Crippen LogP contribution is -2.02. The fourth-order valence-electron chi connectivity index (χ4n) is 0.624. The van der Waals surface area contributed by atoms with Crippen molar-refractivity contribution in [2.24, 2.45) is 0 Å². The van der Waals surface area contributed by atoms with Gasteiger partial charge in [0.25, 0.3) is 0 Å². The van der Waals surface area contributed by atoms with Crippen molar-refractivity contribution in [1.82, 2.24) is 15.0 Å². The number of hydrogen-bond acceptors (Lipinski definition) is 4. The summed E-state index contributed by atoms with van der Waals surface area (Å²) in [5, 5.41) is 15.8. The average molecular weight is 150 g/mol. The van der Waals surface area contributed by atoms with E-state index >= 15 is 0 Å². The number of hydrogen-bond donors (Lipinski definition) is 0. The summed E-state index contributed by atoms with van der Waals surface area (Å²) in [7, 11) is 0. The van der Waals surface area contributed by atoms with E-state index in [1.165, 1.54) is 11.0 Å². The van der Waals surface area contributed by atoms with E-state index in [2.05, 4.69) is 10.2 Å². The Morgan fingerprint density at radius 3 is 3.18 bits per heavy atom. The molecule has 0 unspecified atom stereocenters. The Bertz CT molecular complexity index is 285. The zero-order chi connectivity index (χ0) is 8.10. The van der Waals surface area contributed by atoms with Crippen LogP contribution in [0.5, 0.6) is 0 Å². The molecule has 5 nitrogen and oxygen atoms in total. The molecule has 0 aliphatic rings. The monoisotopic (exact) mass is 150 g/mol. The van der Waals surface area contributed by atoms with Gasteiger partial charge in [0.2, 0.25) is 0 Å². The second-order valence-corrected chi connectivity index (χ2v) is 1.89. The van der Waals surface area contributed by atoms with Crippen molar-refractivity contribution in [1.29, 1.82) is 5.26 Å². The van der Waals surface area contributed by atoms with Crippen LogP contribution in [-0.4, -0.2) is 21.3 Å². The van der Waals surface area contributed by atoms with E-state index in [0.29, 0.717) is 13.0 Å². The van der Waals surface area contributed by atoms with E-state index in [1.807, 2.05) is 6.07 Å². The Hall–Kier alpha value is -1.70. The summed E-state index contributed by atoms with van der Waals surface area (Å²) in [5.74, 6) is 0. The molecule has 0 atom stereocenters. The van der Waals surface area contributed by atoms with Crippen LogP contribution in [0.25, 0.3) is 0 Å². The van der Waals surface area contributed by atoms with Crippen LogP contribution in [-0.2, 0) is 11.3 Å². The molecule has 5 heteroatoms. The largest absolute Gasteiger partial charge is 0.303 e. The Morgan fingerprint density at radius 1 is 1.82 bits per heavy atom. The van der Waals surface area contributed by atoms with Crippen molar-refractivity contribution < 1.29 is 4.79 Å². The summed E-state index contributed by atoms with van der Waals surface area (Å²) in [6.45, 7) is 0.436. The predicted molar refractivity (Wildman–Crippen MR) is 35.4 cm³/mol. The maximum absolute atomic E-state index is 9.92. The number of rotatable bonds is 3. The normalized spacial score (nSPS) is 9.00. The molecule has 0 fully saturated rings. The van der Waals surface area contributed by atoms with E-state index in [-0.39, 0.29) is 5.69 Å². The van der Waals surface area contributed by atoms with Crippen LogP contribution in [0, 0.1) is 11.3 Å². The summed E-state index contributed by atoms with van der Waals surface area (Å²) in [5.41, 5.74) is 0.274. The number of carbonyl (C=O) groups excluding carboxylic acids is 1. The van der Waals surface area contributed by atoms with Crippen molar-refractivity contribution in [3.05, 3.63) is 11.9 Å². The molecule has 0 spiro atoms. The molecule has 0 aromatic carbocycles. The minimum Gasteiger partial charge on any atom is -0.303 e. The van der Waals surface area contributed by atoms with Gasteiger partial charge >= 0.3 is 0 Å². The smallest absolute Gasteiger partial charge is 0.182 e. The number of nitriles is 1. The van der Waals surface area contributed by atoms with Gasteiger partial charge < -0.3 is 4.79 Å². The molecule has 1 heterocycles. The Labute approximate surface area is 63.2 Å². The van der Waals surface area contributed by atoms with Gasteiger partial charge in [0, 0.05) is 6.42 Å². The van der Waals surface area contributed by atoms with Gasteiger partial charge in [-0.2, -0.15) is 15.2 Å². The highest BCUT2D eigenvalue weighted by Gasteiger charge is 1.96. The predicted octanol–water partition coefficient (Wildman–Crippen LogP) is -0.261. The highest BCUT2D eigenvalue weighted by Crippen LogP contribution is 1.88. The van der Waals surface area contributed by atoms with Gasteiger partial charge in [-0.1, -0.05) is 0 Å². The molecule has 0 bridgehead atoms. The van der Waals surface area contributed by atoms with Gasteiger partial charge in [0.1, 0.15) is 12.4 Å². The fourth-order valence-corrected chi connectivity index (χ4v) is 0.624. The second-order valence-electron chi connectivity index (χ2n) is 1.89. The molecule has 1 rings (SSSR count). The topological polar surface area (TPSA) is 71.6 Å². The Kier molecular flexibility index (Phi) is 2.33. The first kappa shape index (κ1) is 7.41. The van der Waals surface area contributed by atoms with Gasteiger partial charge in [-0.3, -0.25) is 0 Å². The van der Waals surface area contributed by atoms with Crippen molar-refractivity contribution >= 4 is 6.29 Å². The number of aromatic nitrogens is 3. The highest BCUT2D eigenvalue weighted by atomic mass is 16.1. The molecule has 0 aliphatic heterocycles. The average Bonchev–Trinajstić information content (AvgIpc) is 2.48. The highest BCUT2D eigenvalue weighted by molar-refractivity contribution is 5.48. The maximum atomic E-state index is 9.92. The van der Waals surface area contributed by atoms with Crippen LogP contribution in [0.15, 0.2) is 6.20 Å². The first-order valence-corrected chi connectivity index (χ1v) is 3.10. The Morgan fingerprint density at radius 2 is 2.64 bits per heavy atom. The molecule has 1 aromatic heterocycles.